The summed E-state index contributed by atoms with van der Waals surface area (Å²) in [6.45, 7) is 4.69. The zero-order chi connectivity index (χ0) is 19.3. The van der Waals surface area contributed by atoms with Crippen LogP contribution >= 0.6 is 0 Å². The number of fused-ring (bicyclic) bond motifs is 1. The molecule has 1 amide bonds. The number of para-hydroxylation sites is 1. The molecule has 4 rings (SSSR count). The minimum Gasteiger partial charge on any atom is -0.496 e. The van der Waals surface area contributed by atoms with E-state index >= 15 is 0 Å². The lowest BCUT2D eigenvalue weighted by Crippen LogP contribution is -2.49. The molecule has 2 aliphatic heterocycles. The molecule has 0 radical (unpaired) electrons. The number of carbonyl (C=O) groups excluding carboxylic acids is 1. The minimum absolute atomic E-state index is 0.0220. The molecule has 2 heterocycles. The van der Waals surface area contributed by atoms with Crippen molar-refractivity contribution in [1.29, 1.82) is 0 Å². The number of piperazine rings is 1. The molecule has 0 aliphatic carbocycles. The molecule has 0 aromatic heterocycles. The average Bonchev–Trinajstić information content (AvgIpc) is 3.21. The van der Waals surface area contributed by atoms with Gasteiger partial charge < -0.3 is 23.8 Å². The van der Waals surface area contributed by atoms with E-state index in [2.05, 4.69) is 4.90 Å². The topological polar surface area (TPSA) is 60.5 Å². The maximum absolute atomic E-state index is 12.8. The van der Waals surface area contributed by atoms with E-state index in [9.17, 15) is 4.79 Å². The fraction of sp³-hybridized carbons (Fsp3) is 0.381. The van der Waals surface area contributed by atoms with Gasteiger partial charge in [0.05, 0.1) is 12.7 Å². The standard InChI is InChI=1S/C21H24N2O5/c1-25-18-5-3-2-4-17(18)21(24)23-10-8-22(9-11-23)12-13-26-16-6-7-19-20(14-16)28-15-27-19/h2-7,14H,8-13,15H2,1H3. The Labute approximate surface area is 164 Å². The van der Waals surface area contributed by atoms with Gasteiger partial charge in [-0.1, -0.05) is 12.1 Å². The van der Waals surface area contributed by atoms with Crippen LogP contribution in [0.25, 0.3) is 0 Å². The fourth-order valence-corrected chi connectivity index (χ4v) is 3.43. The molecule has 0 unspecified atom stereocenters. The first-order chi connectivity index (χ1) is 13.7. The fourth-order valence-electron chi connectivity index (χ4n) is 3.43. The molecule has 1 fully saturated rings. The lowest BCUT2D eigenvalue weighted by molar-refractivity contribution is 0.0617. The number of nitrogens with zero attached hydrogens (tertiary/aromatic N) is 2. The van der Waals surface area contributed by atoms with Crippen LogP contribution in [0.3, 0.4) is 0 Å². The predicted octanol–water partition coefficient (Wildman–Crippen LogP) is 2.26. The second kappa shape index (κ2) is 8.39. The van der Waals surface area contributed by atoms with Crippen LogP contribution in [0, 0.1) is 0 Å². The van der Waals surface area contributed by atoms with E-state index in [-0.39, 0.29) is 12.7 Å². The normalized spacial score (nSPS) is 16.1. The van der Waals surface area contributed by atoms with Crippen LogP contribution in [0.1, 0.15) is 10.4 Å². The summed E-state index contributed by atoms with van der Waals surface area (Å²) >= 11 is 0. The van der Waals surface area contributed by atoms with Gasteiger partial charge in [-0.25, -0.2) is 0 Å². The van der Waals surface area contributed by atoms with Crippen LogP contribution in [-0.4, -0.2) is 68.9 Å². The maximum Gasteiger partial charge on any atom is 0.257 e. The Morgan fingerprint density at radius 3 is 2.64 bits per heavy atom. The van der Waals surface area contributed by atoms with E-state index in [0.29, 0.717) is 31.0 Å². The second-order valence-corrected chi connectivity index (χ2v) is 6.70. The average molecular weight is 384 g/mol. The summed E-state index contributed by atoms with van der Waals surface area (Å²) in [5.41, 5.74) is 0.615. The molecule has 2 aromatic rings. The van der Waals surface area contributed by atoms with Gasteiger partial charge in [-0.15, -0.1) is 0 Å². The van der Waals surface area contributed by atoms with Crippen molar-refractivity contribution in [3.63, 3.8) is 0 Å². The van der Waals surface area contributed by atoms with Gasteiger partial charge >= 0.3 is 0 Å². The van der Waals surface area contributed by atoms with Crippen molar-refractivity contribution in [2.24, 2.45) is 0 Å². The molecule has 2 aromatic carbocycles. The summed E-state index contributed by atoms with van der Waals surface area (Å²) in [6, 6.07) is 13.0. The van der Waals surface area contributed by atoms with Gasteiger partial charge in [-0.05, 0) is 24.3 Å². The van der Waals surface area contributed by atoms with E-state index in [1.807, 2.05) is 47.4 Å². The second-order valence-electron chi connectivity index (χ2n) is 6.70. The van der Waals surface area contributed by atoms with Crippen LogP contribution in [-0.2, 0) is 0 Å². The molecule has 7 nitrogen and oxygen atoms in total. The summed E-state index contributed by atoms with van der Waals surface area (Å²) in [4.78, 5) is 16.9. The lowest BCUT2D eigenvalue weighted by Gasteiger charge is -2.34. The monoisotopic (exact) mass is 384 g/mol. The molecule has 1 saturated heterocycles. The third-order valence-electron chi connectivity index (χ3n) is 5.02. The first kappa shape index (κ1) is 18.4. The maximum atomic E-state index is 12.8. The van der Waals surface area contributed by atoms with Crippen LogP contribution in [0.4, 0.5) is 0 Å². The number of hydrogen-bond donors (Lipinski definition) is 0. The Morgan fingerprint density at radius 2 is 1.82 bits per heavy atom. The Hall–Kier alpha value is -2.93. The van der Waals surface area contributed by atoms with Crippen LogP contribution in [0.2, 0.25) is 0 Å². The van der Waals surface area contributed by atoms with Gasteiger partial charge in [-0.2, -0.15) is 0 Å². The highest BCUT2D eigenvalue weighted by Crippen LogP contribution is 2.35. The van der Waals surface area contributed by atoms with Gasteiger partial charge in [0.15, 0.2) is 11.5 Å². The molecular weight excluding hydrogens is 360 g/mol. The van der Waals surface area contributed by atoms with Crippen LogP contribution in [0.15, 0.2) is 42.5 Å². The summed E-state index contributed by atoms with van der Waals surface area (Å²) in [5, 5.41) is 0. The largest absolute Gasteiger partial charge is 0.496 e. The Kier molecular flexibility index (Phi) is 5.53. The highest BCUT2D eigenvalue weighted by atomic mass is 16.7. The van der Waals surface area contributed by atoms with Crippen molar-refractivity contribution >= 4 is 5.91 Å². The van der Waals surface area contributed by atoms with Gasteiger partial charge in [-0.3, -0.25) is 9.69 Å². The molecule has 0 spiro atoms. The van der Waals surface area contributed by atoms with Crippen molar-refractivity contribution in [2.45, 2.75) is 0 Å². The van der Waals surface area contributed by atoms with Gasteiger partial charge in [0, 0.05) is 38.8 Å². The number of rotatable bonds is 6. The molecule has 0 N–H and O–H groups in total. The lowest BCUT2D eigenvalue weighted by atomic mass is 10.1. The zero-order valence-electron chi connectivity index (χ0n) is 15.9. The summed E-state index contributed by atoms with van der Waals surface area (Å²) in [6.07, 6.45) is 0. The van der Waals surface area contributed by atoms with Crippen molar-refractivity contribution < 1.29 is 23.7 Å². The van der Waals surface area contributed by atoms with Gasteiger partial charge in [0.25, 0.3) is 5.91 Å². The third-order valence-corrected chi connectivity index (χ3v) is 5.02. The first-order valence-corrected chi connectivity index (χ1v) is 9.42. The van der Waals surface area contributed by atoms with E-state index in [1.54, 1.807) is 7.11 Å². The zero-order valence-corrected chi connectivity index (χ0v) is 15.9. The van der Waals surface area contributed by atoms with E-state index in [4.69, 9.17) is 18.9 Å². The Balaban J connectivity index is 1.24. The Morgan fingerprint density at radius 1 is 1.04 bits per heavy atom. The summed E-state index contributed by atoms with van der Waals surface area (Å²) in [5.74, 6) is 2.89. The van der Waals surface area contributed by atoms with E-state index < -0.39 is 0 Å². The molecule has 28 heavy (non-hydrogen) atoms. The van der Waals surface area contributed by atoms with Gasteiger partial charge in [0.1, 0.15) is 18.1 Å². The van der Waals surface area contributed by atoms with Crippen molar-refractivity contribution in [2.75, 3.05) is 53.2 Å². The van der Waals surface area contributed by atoms with Gasteiger partial charge in [0.2, 0.25) is 6.79 Å². The number of methoxy groups -OCH3 is 1. The molecule has 0 bridgehead atoms. The number of benzene rings is 2. The quantitative estimate of drug-likeness (QED) is 0.762. The van der Waals surface area contributed by atoms with E-state index in [1.165, 1.54) is 0 Å². The predicted molar refractivity (Wildman–Crippen MR) is 103 cm³/mol. The molecule has 7 heteroatoms. The minimum atomic E-state index is 0.0220. The van der Waals surface area contributed by atoms with Crippen molar-refractivity contribution in [3.8, 4) is 23.0 Å². The van der Waals surface area contributed by atoms with Crippen molar-refractivity contribution in [3.05, 3.63) is 48.0 Å². The first-order valence-electron chi connectivity index (χ1n) is 9.42. The van der Waals surface area contributed by atoms with Crippen molar-refractivity contribution in [1.82, 2.24) is 9.80 Å². The third kappa shape index (κ3) is 3.99. The highest BCUT2D eigenvalue weighted by molar-refractivity contribution is 5.97. The molecule has 0 saturated carbocycles. The number of ether oxygens (including phenoxy) is 4. The highest BCUT2D eigenvalue weighted by Gasteiger charge is 2.24. The van der Waals surface area contributed by atoms with E-state index in [0.717, 1.165) is 36.9 Å². The molecular formula is C21H24N2O5. The number of hydrogen-bond acceptors (Lipinski definition) is 6. The molecule has 148 valence electrons. The smallest absolute Gasteiger partial charge is 0.257 e. The Bertz CT molecular complexity index is 833. The summed E-state index contributed by atoms with van der Waals surface area (Å²) < 4.78 is 21.8. The number of carbonyl (C=O) groups is 1. The van der Waals surface area contributed by atoms with Crippen LogP contribution in [0.5, 0.6) is 23.0 Å². The SMILES string of the molecule is COc1ccccc1C(=O)N1CCN(CCOc2ccc3c(c2)OCO3)CC1. The number of amides is 1. The van der Waals surface area contributed by atoms with Crippen LogP contribution < -0.4 is 18.9 Å². The molecule has 0 atom stereocenters. The summed E-state index contributed by atoms with van der Waals surface area (Å²) in [7, 11) is 1.59. The molecule has 2 aliphatic rings.